The summed E-state index contributed by atoms with van der Waals surface area (Å²) in [6, 6.07) is 30.8. The fourth-order valence-electron chi connectivity index (χ4n) is 7.56. The van der Waals surface area contributed by atoms with E-state index in [1.807, 2.05) is 22.7 Å². The monoisotopic (exact) mass is 1150 g/mol. The maximum Gasteiger partial charge on any atom is 0.381 e. The van der Waals surface area contributed by atoms with Crippen molar-refractivity contribution in [2.45, 2.75) is 12.8 Å². The van der Waals surface area contributed by atoms with Gasteiger partial charge in [-0.3, -0.25) is 0 Å². The van der Waals surface area contributed by atoms with Crippen molar-refractivity contribution in [3.8, 4) is 0 Å². The second-order valence-corrected chi connectivity index (χ2v) is 21.3. The van der Waals surface area contributed by atoms with Crippen LogP contribution in [0.5, 0.6) is 0 Å². The summed E-state index contributed by atoms with van der Waals surface area (Å²) in [5, 5.41) is 0. The molecular formula is C46H18BF20IS2. The lowest BCUT2D eigenvalue weighted by molar-refractivity contribution is -0.585. The van der Waals surface area contributed by atoms with E-state index in [2.05, 4.69) is 84.9 Å². The summed E-state index contributed by atoms with van der Waals surface area (Å²) < 4.78 is 297. The highest BCUT2D eigenvalue weighted by molar-refractivity contribution is 7.20. The first kappa shape index (κ1) is 52.0. The molecule has 0 saturated heterocycles. The van der Waals surface area contributed by atoms with Gasteiger partial charge in [-0.15, -0.1) is 21.9 Å². The normalized spacial score (nSPS) is 11.6. The van der Waals surface area contributed by atoms with E-state index in [9.17, 15) is 52.7 Å². The van der Waals surface area contributed by atoms with Gasteiger partial charge in [0.15, 0.2) is 69.8 Å². The maximum atomic E-state index is 15.4. The second kappa shape index (κ2) is 20.5. The van der Waals surface area contributed by atoms with Crippen LogP contribution in [0.2, 0.25) is 0 Å². The average molecular weight is 1150 g/mol. The van der Waals surface area contributed by atoms with Gasteiger partial charge in [0.25, 0.3) is 0 Å². The van der Waals surface area contributed by atoms with Gasteiger partial charge >= 0.3 is 21.2 Å². The molecule has 0 spiro atoms. The van der Waals surface area contributed by atoms with E-state index in [4.69, 9.17) is 0 Å². The number of rotatable bonds is 10. The molecule has 0 N–H and O–H groups in total. The Morgan fingerprint density at radius 3 is 0.714 bits per heavy atom. The van der Waals surface area contributed by atoms with Crippen LogP contribution in [0.4, 0.5) is 87.8 Å². The van der Waals surface area contributed by atoms with E-state index < -0.39 is 144 Å². The van der Waals surface area contributed by atoms with Crippen LogP contribution in [0, 0.1) is 122 Å². The lowest BCUT2D eigenvalue weighted by atomic mass is 9.12. The van der Waals surface area contributed by atoms with Gasteiger partial charge < -0.3 is 0 Å². The first-order chi connectivity index (χ1) is 33.1. The van der Waals surface area contributed by atoms with Gasteiger partial charge in [0.05, 0.1) is 0 Å². The van der Waals surface area contributed by atoms with Crippen LogP contribution in [0.3, 0.4) is 0 Å². The SMILES string of the molecule is Fc1c(F)c(F)c([B-](c2c(F)c(F)c(F)c(F)c2F)(c2c(F)c(F)c(F)c(F)c2F)c2c(F)c(F)c(F)c(F)c2F)c(F)c1F.c1ccc(Cc2ccc([I+]c3ccc(Cc4ccccc4)s3)s2)cc1. The molecule has 0 aliphatic heterocycles. The van der Waals surface area contributed by atoms with Crippen molar-refractivity contribution in [2.24, 2.45) is 0 Å². The Kier molecular flexibility index (Phi) is 15.2. The Balaban J connectivity index is 0.000000242. The van der Waals surface area contributed by atoms with Gasteiger partial charge in [0, 0.05) is 34.7 Å². The second-order valence-electron chi connectivity index (χ2n) is 14.6. The summed E-state index contributed by atoms with van der Waals surface area (Å²) in [7, 11) is 0. The molecule has 0 unspecified atom stereocenters. The summed E-state index contributed by atoms with van der Waals surface area (Å²) >= 11 is 3.94. The number of hydrogen-bond donors (Lipinski definition) is 0. The van der Waals surface area contributed by atoms with E-state index in [0.29, 0.717) is 0 Å². The molecule has 0 aliphatic carbocycles. The van der Waals surface area contributed by atoms with Gasteiger partial charge in [0.1, 0.15) is 52.7 Å². The van der Waals surface area contributed by atoms with Crippen LogP contribution in [0.25, 0.3) is 0 Å². The third-order valence-corrected chi connectivity index (χ3v) is 16.5. The minimum atomic E-state index is -7.22. The predicted octanol–water partition coefficient (Wildman–Crippen LogP) is 8.97. The minimum Gasteiger partial charge on any atom is -0.207 e. The van der Waals surface area contributed by atoms with E-state index >= 15 is 35.1 Å². The zero-order chi connectivity index (χ0) is 51.3. The minimum absolute atomic E-state index is 0.0450. The van der Waals surface area contributed by atoms with Gasteiger partial charge in [-0.25, -0.2) is 87.8 Å². The first-order valence-electron chi connectivity index (χ1n) is 19.2. The molecule has 0 fully saturated rings. The molecule has 364 valence electrons. The zero-order valence-electron chi connectivity index (χ0n) is 33.8. The molecular weight excluding hydrogens is 1130 g/mol. The first-order valence-corrected chi connectivity index (χ1v) is 23.0. The highest BCUT2D eigenvalue weighted by Crippen LogP contribution is 2.31. The molecule has 2 heterocycles. The van der Waals surface area contributed by atoms with Crippen molar-refractivity contribution in [3.05, 3.63) is 228 Å². The zero-order valence-corrected chi connectivity index (χ0v) is 37.6. The van der Waals surface area contributed by atoms with E-state index in [1.54, 1.807) is 5.77 Å². The molecule has 0 amide bonds. The largest absolute Gasteiger partial charge is 0.381 e. The standard InChI is InChI=1S/C24BF20.C22H18IS2/c26-5-1(6(27)14(35)21(42)13(5)34)25(2-7(28)15(36)22(43)16(37)8(2)29,3-9(30)17(38)23(44)18(39)10(3)31)4-11(32)19(40)24(45)20(41)12(4)33;1-3-7-17(8-4-1)15-19-11-13-21(24-19)23-22-14-12-20(25-22)16-18-9-5-2-6-10-18/h;1-14H,15-16H2/q-1;+1. The van der Waals surface area contributed by atoms with Crippen LogP contribution in [0.15, 0.2) is 84.9 Å². The Bertz CT molecular complexity index is 2850. The van der Waals surface area contributed by atoms with Gasteiger partial charge in [0.2, 0.25) is 5.77 Å². The topological polar surface area (TPSA) is 0 Å². The average Bonchev–Trinajstić information content (AvgIpc) is 4.00. The third kappa shape index (κ3) is 9.05. The number of benzene rings is 6. The van der Waals surface area contributed by atoms with E-state index in [1.165, 1.54) is 20.9 Å². The van der Waals surface area contributed by atoms with Crippen molar-refractivity contribution in [1.82, 2.24) is 0 Å². The smallest absolute Gasteiger partial charge is 0.207 e. The van der Waals surface area contributed by atoms with Crippen molar-refractivity contribution in [1.29, 1.82) is 0 Å². The summed E-state index contributed by atoms with van der Waals surface area (Å²) in [6.45, 7) is 0. The molecule has 2 aromatic heterocycles. The fourth-order valence-corrected chi connectivity index (χ4v) is 14.2. The maximum absolute atomic E-state index is 15.4. The summed E-state index contributed by atoms with van der Waals surface area (Å²) in [6.07, 6.45) is -5.11. The summed E-state index contributed by atoms with van der Waals surface area (Å²) in [5.41, 5.74) is -11.5. The van der Waals surface area contributed by atoms with E-state index in [-0.39, 0.29) is 21.2 Å². The fraction of sp³-hybridized carbons (Fsp3) is 0.0435. The summed E-state index contributed by atoms with van der Waals surface area (Å²) in [4.78, 5) is 2.95. The Hall–Kier alpha value is -5.89. The molecule has 6 aromatic carbocycles. The van der Waals surface area contributed by atoms with Gasteiger partial charge in [-0.1, -0.05) is 83.3 Å². The molecule has 0 saturated carbocycles. The van der Waals surface area contributed by atoms with Gasteiger partial charge in [-0.05, 0) is 23.3 Å². The highest BCUT2D eigenvalue weighted by atomic mass is 127. The van der Waals surface area contributed by atoms with Crippen molar-refractivity contribution in [3.63, 3.8) is 0 Å². The van der Waals surface area contributed by atoms with Crippen molar-refractivity contribution < 1.29 is 109 Å². The highest BCUT2D eigenvalue weighted by Gasteiger charge is 2.52. The Morgan fingerprint density at radius 2 is 0.486 bits per heavy atom. The van der Waals surface area contributed by atoms with Crippen LogP contribution >= 0.6 is 22.7 Å². The lowest BCUT2D eigenvalue weighted by Gasteiger charge is -2.44. The Labute approximate surface area is 398 Å². The van der Waals surface area contributed by atoms with Crippen LogP contribution in [0.1, 0.15) is 20.9 Å². The molecule has 70 heavy (non-hydrogen) atoms. The molecule has 0 radical (unpaired) electrons. The van der Waals surface area contributed by atoms with Crippen LogP contribution in [-0.4, -0.2) is 6.15 Å². The van der Waals surface area contributed by atoms with Crippen LogP contribution in [-0.2, 0) is 12.8 Å². The molecule has 0 nitrogen and oxygen atoms in total. The van der Waals surface area contributed by atoms with Crippen molar-refractivity contribution in [2.75, 3.05) is 0 Å². The molecule has 8 aromatic rings. The molecule has 0 bridgehead atoms. The molecule has 0 aliphatic rings. The number of thiophene rings is 2. The molecule has 8 rings (SSSR count). The van der Waals surface area contributed by atoms with Gasteiger partial charge in [-0.2, -0.15) is 0 Å². The predicted molar refractivity (Wildman–Crippen MR) is 214 cm³/mol. The van der Waals surface area contributed by atoms with E-state index in [0.717, 1.165) is 12.8 Å². The quantitative estimate of drug-likeness (QED) is 0.0423. The third-order valence-electron chi connectivity index (χ3n) is 10.6. The molecule has 24 heteroatoms. The van der Waals surface area contributed by atoms with Crippen LogP contribution < -0.4 is 43.1 Å². The summed E-state index contributed by atoms with van der Waals surface area (Å²) in [5.74, 6) is -71.4. The Morgan fingerprint density at radius 1 is 0.271 bits per heavy atom. The number of halogens is 21. The number of hydrogen-bond acceptors (Lipinski definition) is 2. The lowest BCUT2D eigenvalue weighted by Crippen LogP contribution is -3.61. The molecule has 0 atom stereocenters. The van der Waals surface area contributed by atoms with Crippen molar-refractivity contribution >= 4 is 50.7 Å².